The first-order valence-corrected chi connectivity index (χ1v) is 9.21. The molecular weight excluding hydrogens is 302 g/mol. The van der Waals surface area contributed by atoms with Crippen molar-refractivity contribution in [1.29, 1.82) is 0 Å². The highest BCUT2D eigenvalue weighted by Gasteiger charge is 2.43. The lowest BCUT2D eigenvalue weighted by Gasteiger charge is -2.18. The average molecular weight is 333 g/mol. The lowest BCUT2D eigenvalue weighted by Crippen LogP contribution is -2.21. The van der Waals surface area contributed by atoms with Gasteiger partial charge in [-0.2, -0.15) is 0 Å². The molecule has 2 aliphatic rings. The molecule has 1 N–H and O–H groups in total. The van der Waals surface area contributed by atoms with E-state index in [1.54, 1.807) is 25.1 Å². The molecule has 0 aromatic rings. The summed E-state index contributed by atoms with van der Waals surface area (Å²) in [6, 6.07) is 0. The second kappa shape index (κ2) is 8.61. The Labute approximate surface area is 145 Å². The van der Waals surface area contributed by atoms with Crippen LogP contribution >= 0.6 is 0 Å². The van der Waals surface area contributed by atoms with Crippen LogP contribution in [0.3, 0.4) is 0 Å². The van der Waals surface area contributed by atoms with Crippen LogP contribution in [-0.2, 0) is 9.59 Å². The number of hydrogen-bond donors (Lipinski definition) is 1. The molecule has 0 saturated heterocycles. The number of carbonyl (C=O) groups excluding carboxylic acids is 2. The zero-order valence-electron chi connectivity index (χ0n) is 15.2. The Bertz CT molecular complexity index is 521. The van der Waals surface area contributed by atoms with E-state index in [1.165, 1.54) is 5.57 Å². The van der Waals surface area contributed by atoms with Gasteiger partial charge in [0.25, 0.3) is 0 Å². The van der Waals surface area contributed by atoms with E-state index < -0.39 is 0 Å². The van der Waals surface area contributed by atoms with Crippen LogP contribution in [-0.4, -0.2) is 41.9 Å². The molecule has 1 fully saturated rings. The van der Waals surface area contributed by atoms with Crippen LogP contribution in [0.5, 0.6) is 0 Å². The quantitative estimate of drug-likeness (QED) is 0.422. The van der Waals surface area contributed by atoms with Gasteiger partial charge >= 0.3 is 0 Å². The molecule has 4 atom stereocenters. The number of carbonyl (C=O) groups is 2. The van der Waals surface area contributed by atoms with Gasteiger partial charge in [0, 0.05) is 32.9 Å². The molecule has 24 heavy (non-hydrogen) atoms. The van der Waals surface area contributed by atoms with E-state index in [0.29, 0.717) is 24.7 Å². The van der Waals surface area contributed by atoms with E-state index in [1.807, 2.05) is 13.0 Å². The Kier molecular flexibility index (Phi) is 6.79. The normalized spacial score (nSPS) is 28.9. The number of hydrogen-bond acceptors (Lipinski definition) is 3. The van der Waals surface area contributed by atoms with Gasteiger partial charge in [-0.15, -0.1) is 0 Å². The molecule has 0 aromatic carbocycles. The predicted molar refractivity (Wildman–Crippen MR) is 95.4 cm³/mol. The van der Waals surface area contributed by atoms with E-state index in [0.717, 1.165) is 32.1 Å². The number of fused-ring (bicyclic) bond motifs is 1. The maximum Gasteiger partial charge on any atom is 0.222 e. The van der Waals surface area contributed by atoms with E-state index in [9.17, 15) is 14.7 Å². The van der Waals surface area contributed by atoms with E-state index in [2.05, 4.69) is 6.08 Å². The minimum atomic E-state index is -0.323. The van der Waals surface area contributed by atoms with Crippen LogP contribution in [0, 0.1) is 17.8 Å². The van der Waals surface area contributed by atoms with Crippen LogP contribution in [0.4, 0.5) is 0 Å². The van der Waals surface area contributed by atoms with Crippen LogP contribution in [0.1, 0.15) is 51.9 Å². The summed E-state index contributed by atoms with van der Waals surface area (Å²) in [6.07, 6.45) is 11.6. The number of amides is 1. The molecule has 0 radical (unpaired) electrons. The van der Waals surface area contributed by atoms with Crippen LogP contribution in [0.15, 0.2) is 23.8 Å². The van der Waals surface area contributed by atoms with Gasteiger partial charge in [-0.05, 0) is 50.0 Å². The Balaban J connectivity index is 1.80. The first-order chi connectivity index (χ1) is 11.4. The predicted octanol–water partition coefficient (Wildman–Crippen LogP) is 3.11. The van der Waals surface area contributed by atoms with Crippen molar-refractivity contribution in [2.24, 2.45) is 17.8 Å². The molecule has 4 heteroatoms. The van der Waals surface area contributed by atoms with Gasteiger partial charge in [-0.1, -0.05) is 24.6 Å². The smallest absolute Gasteiger partial charge is 0.222 e. The van der Waals surface area contributed by atoms with Crippen LogP contribution < -0.4 is 0 Å². The molecule has 0 unspecified atom stereocenters. The number of allylic oxidation sites excluding steroid dienone is 3. The van der Waals surface area contributed by atoms with E-state index in [-0.39, 0.29) is 23.7 Å². The molecule has 1 amide bonds. The summed E-state index contributed by atoms with van der Waals surface area (Å²) in [7, 11) is 3.59. The molecule has 0 bridgehead atoms. The summed E-state index contributed by atoms with van der Waals surface area (Å²) < 4.78 is 0. The van der Waals surface area contributed by atoms with Crippen molar-refractivity contribution in [3.8, 4) is 0 Å². The highest BCUT2D eigenvalue weighted by molar-refractivity contribution is 5.89. The standard InChI is InChI=1S/C20H31NO3/c1-4-16(22)9-10-17-18-12-14(11-15(18)13-19(17)23)7-5-6-8-20(24)21(2)3/h9-11,15,17-19,23H,4-8,12-13H2,1-3H3/b10-9+/t15-,17+,18-,19+/m0/s1. The lowest BCUT2D eigenvalue weighted by molar-refractivity contribution is -0.128. The van der Waals surface area contributed by atoms with Crippen molar-refractivity contribution < 1.29 is 14.7 Å². The molecule has 0 aromatic heterocycles. The third-order valence-electron chi connectivity index (χ3n) is 5.44. The second-order valence-corrected chi connectivity index (χ2v) is 7.41. The SMILES string of the molecule is CCC(=O)/C=C/[C@@H]1[C@H]2CC(CCCCC(=O)N(C)C)=C[C@H]2C[C@H]1O. The molecule has 2 aliphatic carbocycles. The van der Waals surface area contributed by atoms with E-state index in [4.69, 9.17) is 0 Å². The molecule has 134 valence electrons. The molecule has 0 spiro atoms. The summed E-state index contributed by atoms with van der Waals surface area (Å²) in [5.41, 5.74) is 1.47. The minimum absolute atomic E-state index is 0.106. The fourth-order valence-electron chi connectivity index (χ4n) is 3.98. The highest BCUT2D eigenvalue weighted by atomic mass is 16.3. The average Bonchev–Trinajstić information content (AvgIpc) is 3.05. The molecule has 0 aliphatic heterocycles. The Morgan fingerprint density at radius 2 is 2.08 bits per heavy atom. The van der Waals surface area contributed by atoms with Crippen LogP contribution in [0.2, 0.25) is 0 Å². The zero-order chi connectivity index (χ0) is 17.7. The number of nitrogens with zero attached hydrogens (tertiary/aromatic N) is 1. The number of aliphatic hydroxyl groups excluding tert-OH is 1. The third kappa shape index (κ3) is 4.79. The van der Waals surface area contributed by atoms with Gasteiger partial charge in [0.2, 0.25) is 5.91 Å². The molecule has 1 saturated carbocycles. The Morgan fingerprint density at radius 1 is 1.33 bits per heavy atom. The largest absolute Gasteiger partial charge is 0.392 e. The van der Waals surface area contributed by atoms with Gasteiger partial charge < -0.3 is 10.0 Å². The fourth-order valence-corrected chi connectivity index (χ4v) is 3.98. The topological polar surface area (TPSA) is 57.6 Å². The fraction of sp³-hybridized carbons (Fsp3) is 0.700. The monoisotopic (exact) mass is 333 g/mol. The number of ketones is 1. The summed E-state index contributed by atoms with van der Waals surface area (Å²) in [5, 5.41) is 10.3. The van der Waals surface area contributed by atoms with Crippen molar-refractivity contribution in [2.45, 2.75) is 58.0 Å². The van der Waals surface area contributed by atoms with Crippen molar-refractivity contribution >= 4 is 11.7 Å². The lowest BCUT2D eigenvalue weighted by atomic mass is 9.88. The molecule has 2 rings (SSSR count). The van der Waals surface area contributed by atoms with Gasteiger partial charge in [0.1, 0.15) is 0 Å². The maximum absolute atomic E-state index is 11.6. The summed E-state index contributed by atoms with van der Waals surface area (Å²) in [5.74, 6) is 1.32. The molecule has 4 nitrogen and oxygen atoms in total. The van der Waals surface area contributed by atoms with Crippen molar-refractivity contribution in [2.75, 3.05) is 14.1 Å². The van der Waals surface area contributed by atoms with Crippen LogP contribution in [0.25, 0.3) is 0 Å². The first kappa shape index (κ1) is 18.9. The number of unbranched alkanes of at least 4 members (excludes halogenated alkanes) is 1. The van der Waals surface area contributed by atoms with Gasteiger partial charge in [0.05, 0.1) is 6.10 Å². The van der Waals surface area contributed by atoms with Gasteiger partial charge in [0.15, 0.2) is 5.78 Å². The number of rotatable bonds is 8. The summed E-state index contributed by atoms with van der Waals surface area (Å²) in [4.78, 5) is 24.7. The Hall–Kier alpha value is -1.42. The molecular formula is C20H31NO3. The summed E-state index contributed by atoms with van der Waals surface area (Å²) in [6.45, 7) is 1.86. The second-order valence-electron chi connectivity index (χ2n) is 7.41. The Morgan fingerprint density at radius 3 is 2.75 bits per heavy atom. The number of aliphatic hydroxyl groups is 1. The maximum atomic E-state index is 11.6. The van der Waals surface area contributed by atoms with Gasteiger partial charge in [-0.25, -0.2) is 0 Å². The molecule has 0 heterocycles. The third-order valence-corrected chi connectivity index (χ3v) is 5.44. The van der Waals surface area contributed by atoms with Crippen molar-refractivity contribution in [3.63, 3.8) is 0 Å². The minimum Gasteiger partial charge on any atom is -0.392 e. The first-order valence-electron chi connectivity index (χ1n) is 9.21. The van der Waals surface area contributed by atoms with Crippen molar-refractivity contribution in [1.82, 2.24) is 4.90 Å². The van der Waals surface area contributed by atoms with Crippen molar-refractivity contribution in [3.05, 3.63) is 23.8 Å². The highest BCUT2D eigenvalue weighted by Crippen LogP contribution is 2.48. The summed E-state index contributed by atoms with van der Waals surface area (Å²) >= 11 is 0. The zero-order valence-corrected chi connectivity index (χ0v) is 15.2. The van der Waals surface area contributed by atoms with E-state index >= 15 is 0 Å². The van der Waals surface area contributed by atoms with Gasteiger partial charge in [-0.3, -0.25) is 9.59 Å².